The summed E-state index contributed by atoms with van der Waals surface area (Å²) in [7, 11) is 3.99. The molecule has 2 aromatic heterocycles. The fourth-order valence-corrected chi connectivity index (χ4v) is 5.55. The largest absolute Gasteiger partial charge is 0.362 e. The van der Waals surface area contributed by atoms with Crippen LogP contribution in [0.4, 0.5) is 5.82 Å². The van der Waals surface area contributed by atoms with Crippen molar-refractivity contribution in [1.29, 1.82) is 0 Å². The number of nitrogens with zero attached hydrogens (tertiary/aromatic N) is 4. The van der Waals surface area contributed by atoms with E-state index >= 15 is 0 Å². The Kier molecular flexibility index (Phi) is 10.8. The SMILES string of the molecule is CCC1CCC(C)CC1.CCc1cc(-c2ccccc2)nc2ccccc12.Cc1nc(N(C)C)c2ccccc2n1. The standard InChI is InChI=1S/C17H15N.C11H13N3.C9H18/c1-2-13-12-17(14-8-4-3-5-9-14)18-16-11-7-6-10-15(13)16;1-8-12-10-7-5-4-6-9(10)11(13-8)14(2)3;1-3-9-6-4-8(2)5-7-9/h3-12H,2H2,1H3;4-7H,1-3H3;8-9H,3-7H2,1-2H3. The van der Waals surface area contributed by atoms with Crippen molar-refractivity contribution in [1.82, 2.24) is 15.0 Å². The van der Waals surface area contributed by atoms with Crippen molar-refractivity contribution in [2.75, 3.05) is 19.0 Å². The highest BCUT2D eigenvalue weighted by Crippen LogP contribution is 2.30. The molecule has 0 unspecified atom stereocenters. The second-order valence-corrected chi connectivity index (χ2v) is 11.4. The zero-order valence-electron chi connectivity index (χ0n) is 25.8. The lowest BCUT2D eigenvalue weighted by atomic mass is 9.82. The van der Waals surface area contributed by atoms with Gasteiger partial charge in [-0.25, -0.2) is 15.0 Å². The van der Waals surface area contributed by atoms with Gasteiger partial charge in [0, 0.05) is 30.4 Å². The second kappa shape index (κ2) is 14.7. The van der Waals surface area contributed by atoms with Crippen LogP contribution in [0.1, 0.15) is 64.3 Å². The summed E-state index contributed by atoms with van der Waals surface area (Å²) in [5.74, 6) is 3.88. The quantitative estimate of drug-likeness (QED) is 0.225. The summed E-state index contributed by atoms with van der Waals surface area (Å²) in [5, 5.41) is 2.36. The van der Waals surface area contributed by atoms with E-state index in [0.29, 0.717) is 0 Å². The van der Waals surface area contributed by atoms with E-state index < -0.39 is 0 Å². The summed E-state index contributed by atoms with van der Waals surface area (Å²) in [6.45, 7) is 8.81. The molecule has 0 amide bonds. The first-order valence-electron chi connectivity index (χ1n) is 15.2. The molecule has 1 aliphatic rings. The number of hydrogen-bond acceptors (Lipinski definition) is 4. The molecule has 0 atom stereocenters. The molecule has 4 nitrogen and oxygen atoms in total. The van der Waals surface area contributed by atoms with Crippen molar-refractivity contribution in [3.05, 3.63) is 96.3 Å². The molecule has 4 heteroatoms. The highest BCUT2D eigenvalue weighted by molar-refractivity contribution is 5.89. The molecule has 5 aromatic rings. The van der Waals surface area contributed by atoms with E-state index in [1.54, 1.807) is 0 Å². The number of para-hydroxylation sites is 2. The van der Waals surface area contributed by atoms with Crippen LogP contribution in [-0.2, 0) is 6.42 Å². The summed E-state index contributed by atoms with van der Waals surface area (Å²) in [6, 6.07) is 29.0. The smallest absolute Gasteiger partial charge is 0.139 e. The first-order chi connectivity index (χ1) is 19.9. The fraction of sp³-hybridized carbons (Fsp3) is 0.378. The van der Waals surface area contributed by atoms with E-state index in [9.17, 15) is 0 Å². The van der Waals surface area contributed by atoms with E-state index in [2.05, 4.69) is 79.3 Å². The molecule has 6 rings (SSSR count). The Morgan fingerprint density at radius 1 is 0.707 bits per heavy atom. The average molecular weight is 547 g/mol. The van der Waals surface area contributed by atoms with Gasteiger partial charge < -0.3 is 4.90 Å². The predicted molar refractivity (Wildman–Crippen MR) is 177 cm³/mol. The maximum atomic E-state index is 4.75. The van der Waals surface area contributed by atoms with Gasteiger partial charge in [-0.2, -0.15) is 0 Å². The molecule has 0 radical (unpaired) electrons. The van der Waals surface area contributed by atoms with Gasteiger partial charge in [0.15, 0.2) is 0 Å². The van der Waals surface area contributed by atoms with E-state index in [1.165, 1.54) is 48.6 Å². The van der Waals surface area contributed by atoms with Crippen molar-refractivity contribution in [3.63, 3.8) is 0 Å². The lowest BCUT2D eigenvalue weighted by Crippen LogP contribution is -2.12. The lowest BCUT2D eigenvalue weighted by molar-refractivity contribution is 0.284. The monoisotopic (exact) mass is 546 g/mol. The molecule has 0 saturated heterocycles. The summed E-state index contributed by atoms with van der Waals surface area (Å²) in [5.41, 5.74) is 5.68. The summed E-state index contributed by atoms with van der Waals surface area (Å²) in [4.78, 5) is 15.6. The zero-order chi connectivity index (χ0) is 29.2. The topological polar surface area (TPSA) is 41.9 Å². The fourth-order valence-electron chi connectivity index (χ4n) is 5.55. The molecular weight excluding hydrogens is 500 g/mol. The molecule has 0 N–H and O–H groups in total. The third-order valence-electron chi connectivity index (χ3n) is 8.08. The molecule has 41 heavy (non-hydrogen) atoms. The Morgan fingerprint density at radius 3 is 1.90 bits per heavy atom. The number of aryl methyl sites for hydroxylation is 2. The minimum atomic E-state index is 0.812. The van der Waals surface area contributed by atoms with Gasteiger partial charge in [0.1, 0.15) is 11.6 Å². The van der Waals surface area contributed by atoms with Crippen molar-refractivity contribution in [2.24, 2.45) is 11.8 Å². The van der Waals surface area contributed by atoms with Gasteiger partial charge in [0.05, 0.1) is 16.7 Å². The van der Waals surface area contributed by atoms with E-state index in [4.69, 9.17) is 4.98 Å². The van der Waals surface area contributed by atoms with Gasteiger partial charge in [-0.15, -0.1) is 0 Å². The summed E-state index contributed by atoms with van der Waals surface area (Å²) < 4.78 is 0. The lowest BCUT2D eigenvalue weighted by Gasteiger charge is -2.24. The first kappa shape index (κ1) is 30.2. The van der Waals surface area contributed by atoms with E-state index in [1.807, 2.05) is 62.3 Å². The van der Waals surface area contributed by atoms with Crippen LogP contribution >= 0.6 is 0 Å². The van der Waals surface area contributed by atoms with Crippen LogP contribution in [0.2, 0.25) is 0 Å². The summed E-state index contributed by atoms with van der Waals surface area (Å²) >= 11 is 0. The van der Waals surface area contributed by atoms with E-state index in [-0.39, 0.29) is 0 Å². The minimum Gasteiger partial charge on any atom is -0.362 e. The van der Waals surface area contributed by atoms with E-state index in [0.717, 1.165) is 52.0 Å². The number of anilines is 1. The molecule has 214 valence electrons. The summed E-state index contributed by atoms with van der Waals surface area (Å²) in [6.07, 6.45) is 8.40. The molecule has 0 aliphatic heterocycles. The Hall–Kier alpha value is -3.79. The zero-order valence-corrected chi connectivity index (χ0v) is 25.8. The van der Waals surface area contributed by atoms with Gasteiger partial charge in [-0.3, -0.25) is 0 Å². The molecule has 0 bridgehead atoms. The maximum absolute atomic E-state index is 4.75. The van der Waals surface area contributed by atoms with Gasteiger partial charge in [0.2, 0.25) is 0 Å². The Bertz CT molecular complexity index is 1520. The Balaban J connectivity index is 0.000000150. The van der Waals surface area contributed by atoms with Crippen molar-refractivity contribution >= 4 is 27.6 Å². The Labute approximate surface area is 246 Å². The van der Waals surface area contributed by atoms with Crippen LogP contribution in [0, 0.1) is 18.8 Å². The highest BCUT2D eigenvalue weighted by Gasteiger charge is 2.15. The molecule has 3 aromatic carbocycles. The normalized spacial score (nSPS) is 16.3. The van der Waals surface area contributed by atoms with Crippen LogP contribution in [0.5, 0.6) is 0 Å². The molecule has 1 aliphatic carbocycles. The van der Waals surface area contributed by atoms with Gasteiger partial charge in [0.25, 0.3) is 0 Å². The third-order valence-corrected chi connectivity index (χ3v) is 8.08. The number of benzene rings is 3. The van der Waals surface area contributed by atoms with Gasteiger partial charge in [-0.1, -0.05) is 114 Å². The predicted octanol–water partition coefficient (Wildman–Crippen LogP) is 9.69. The molecular formula is C37H46N4. The molecule has 2 heterocycles. The number of rotatable bonds is 4. The maximum Gasteiger partial charge on any atom is 0.139 e. The Morgan fingerprint density at radius 2 is 1.29 bits per heavy atom. The molecule has 1 fully saturated rings. The highest BCUT2D eigenvalue weighted by atomic mass is 15.1. The number of aromatic nitrogens is 3. The second-order valence-electron chi connectivity index (χ2n) is 11.4. The first-order valence-corrected chi connectivity index (χ1v) is 15.2. The minimum absolute atomic E-state index is 0.812. The number of fused-ring (bicyclic) bond motifs is 2. The molecule has 0 spiro atoms. The number of hydrogen-bond donors (Lipinski definition) is 0. The van der Waals surface area contributed by atoms with Crippen LogP contribution in [0.25, 0.3) is 33.1 Å². The van der Waals surface area contributed by atoms with Gasteiger partial charge >= 0.3 is 0 Å². The van der Waals surface area contributed by atoms with Crippen LogP contribution in [0.3, 0.4) is 0 Å². The van der Waals surface area contributed by atoms with Crippen molar-refractivity contribution in [2.45, 2.75) is 66.2 Å². The van der Waals surface area contributed by atoms with Crippen LogP contribution in [0.15, 0.2) is 84.9 Å². The third kappa shape index (κ3) is 8.13. The molecule has 1 saturated carbocycles. The van der Waals surface area contributed by atoms with Gasteiger partial charge in [-0.05, 0) is 55.0 Å². The van der Waals surface area contributed by atoms with Crippen molar-refractivity contribution in [3.8, 4) is 11.3 Å². The van der Waals surface area contributed by atoms with Crippen LogP contribution < -0.4 is 4.90 Å². The number of pyridine rings is 1. The van der Waals surface area contributed by atoms with Crippen LogP contribution in [-0.4, -0.2) is 29.0 Å². The average Bonchev–Trinajstić information content (AvgIpc) is 3.01. The van der Waals surface area contributed by atoms with Crippen molar-refractivity contribution < 1.29 is 0 Å².